The average Bonchev–Trinajstić information content (AvgIpc) is 2.48. The van der Waals surface area contributed by atoms with Crippen molar-refractivity contribution < 1.29 is 19.4 Å². The van der Waals surface area contributed by atoms with Gasteiger partial charge in [0.05, 0.1) is 6.10 Å². The molecule has 1 aromatic rings. The minimum Gasteiger partial charge on any atom is -0.491 e. The van der Waals surface area contributed by atoms with Gasteiger partial charge in [0, 0.05) is 19.7 Å². The summed E-state index contributed by atoms with van der Waals surface area (Å²) in [6.07, 6.45) is 3.83. The van der Waals surface area contributed by atoms with E-state index >= 15 is 0 Å². The Morgan fingerprint density at radius 3 is 2.95 bits per heavy atom. The molecule has 1 aliphatic heterocycles. The fourth-order valence-electron chi connectivity index (χ4n) is 2.47. The van der Waals surface area contributed by atoms with Crippen LogP contribution in [0.1, 0.15) is 29.6 Å². The highest BCUT2D eigenvalue weighted by atomic mass is 16.5. The van der Waals surface area contributed by atoms with Crippen molar-refractivity contribution in [3.05, 3.63) is 29.8 Å². The van der Waals surface area contributed by atoms with Crippen LogP contribution in [-0.4, -0.2) is 55.4 Å². The Balaban J connectivity index is 1.74. The number of carboxylic acid groups (broad SMARTS) is 1. The molecule has 0 bridgehead atoms. The molecule has 0 radical (unpaired) electrons. The van der Waals surface area contributed by atoms with E-state index in [0.717, 1.165) is 32.5 Å². The molecule has 1 heterocycles. The second-order valence-electron chi connectivity index (χ2n) is 5.40. The maximum atomic E-state index is 11.1. The Kier molecular flexibility index (Phi) is 6.02. The highest BCUT2D eigenvalue weighted by Gasteiger charge is 2.16. The maximum Gasteiger partial charge on any atom is 0.339 e. The van der Waals surface area contributed by atoms with E-state index in [2.05, 4.69) is 4.90 Å². The molecule has 0 saturated carbocycles. The van der Waals surface area contributed by atoms with Crippen molar-refractivity contribution in [3.8, 4) is 5.75 Å². The molecule has 116 valence electrons. The van der Waals surface area contributed by atoms with Crippen molar-refractivity contribution in [3.63, 3.8) is 0 Å². The van der Waals surface area contributed by atoms with Gasteiger partial charge < -0.3 is 19.5 Å². The van der Waals surface area contributed by atoms with Gasteiger partial charge in [-0.2, -0.15) is 0 Å². The summed E-state index contributed by atoms with van der Waals surface area (Å²) in [5.41, 5.74) is 0.204. The van der Waals surface area contributed by atoms with Gasteiger partial charge in [0.15, 0.2) is 0 Å². The van der Waals surface area contributed by atoms with Crippen LogP contribution in [0.3, 0.4) is 0 Å². The normalized spacial score (nSPS) is 18.7. The predicted octanol–water partition coefficient (Wildman–Crippen LogP) is 2.26. The lowest BCUT2D eigenvalue weighted by Crippen LogP contribution is -2.35. The largest absolute Gasteiger partial charge is 0.491 e. The number of aromatic carboxylic acids is 1. The summed E-state index contributed by atoms with van der Waals surface area (Å²) >= 11 is 0. The molecular formula is C16H23NO4. The summed E-state index contributed by atoms with van der Waals surface area (Å²) < 4.78 is 11.3. The number of para-hydroxylation sites is 1. The van der Waals surface area contributed by atoms with Crippen LogP contribution in [0, 0.1) is 0 Å². The smallest absolute Gasteiger partial charge is 0.339 e. The van der Waals surface area contributed by atoms with Crippen molar-refractivity contribution in [2.24, 2.45) is 0 Å². The first kappa shape index (κ1) is 15.8. The third kappa shape index (κ3) is 5.02. The SMILES string of the molecule is CN(CCOc1ccccc1C(=O)O)CC1CCCCO1. The zero-order valence-electron chi connectivity index (χ0n) is 12.5. The van der Waals surface area contributed by atoms with E-state index in [-0.39, 0.29) is 5.56 Å². The maximum absolute atomic E-state index is 11.1. The third-order valence-electron chi connectivity index (χ3n) is 3.64. The molecule has 5 heteroatoms. The zero-order valence-corrected chi connectivity index (χ0v) is 12.5. The minimum absolute atomic E-state index is 0.204. The number of carbonyl (C=O) groups is 1. The lowest BCUT2D eigenvalue weighted by Gasteiger charge is -2.27. The zero-order chi connectivity index (χ0) is 15.1. The number of benzene rings is 1. The molecule has 2 rings (SSSR count). The second-order valence-corrected chi connectivity index (χ2v) is 5.40. The molecule has 0 amide bonds. The van der Waals surface area contributed by atoms with Gasteiger partial charge in [0.25, 0.3) is 0 Å². The van der Waals surface area contributed by atoms with Crippen LogP contribution in [0.5, 0.6) is 5.75 Å². The van der Waals surface area contributed by atoms with E-state index in [4.69, 9.17) is 14.6 Å². The highest BCUT2D eigenvalue weighted by molar-refractivity contribution is 5.90. The molecule has 1 unspecified atom stereocenters. The van der Waals surface area contributed by atoms with Gasteiger partial charge in [-0.1, -0.05) is 12.1 Å². The summed E-state index contributed by atoms with van der Waals surface area (Å²) in [6, 6.07) is 6.72. The topological polar surface area (TPSA) is 59.0 Å². The number of likely N-dealkylation sites (N-methyl/N-ethyl adjacent to an activating group) is 1. The Hall–Kier alpha value is -1.59. The van der Waals surface area contributed by atoms with E-state index < -0.39 is 5.97 Å². The molecule has 0 spiro atoms. The van der Waals surface area contributed by atoms with Gasteiger partial charge in [0.2, 0.25) is 0 Å². The summed E-state index contributed by atoms with van der Waals surface area (Å²) in [6.45, 7) is 2.96. The van der Waals surface area contributed by atoms with E-state index in [1.54, 1.807) is 24.3 Å². The van der Waals surface area contributed by atoms with E-state index in [1.165, 1.54) is 6.42 Å². The number of nitrogens with zero attached hydrogens (tertiary/aromatic N) is 1. The molecular weight excluding hydrogens is 270 g/mol. The van der Waals surface area contributed by atoms with Crippen LogP contribution >= 0.6 is 0 Å². The van der Waals surface area contributed by atoms with Crippen molar-refractivity contribution in [1.29, 1.82) is 0 Å². The standard InChI is InChI=1S/C16H23NO4/c1-17(12-13-6-4-5-10-20-13)9-11-21-15-8-3-2-7-14(15)16(18)19/h2-3,7-8,13H,4-6,9-12H2,1H3,(H,18,19). The molecule has 5 nitrogen and oxygen atoms in total. The molecule has 1 aliphatic rings. The highest BCUT2D eigenvalue weighted by Crippen LogP contribution is 2.18. The van der Waals surface area contributed by atoms with Gasteiger partial charge in [-0.3, -0.25) is 0 Å². The first-order chi connectivity index (χ1) is 10.2. The van der Waals surface area contributed by atoms with E-state index in [1.807, 2.05) is 7.05 Å². The fourth-order valence-corrected chi connectivity index (χ4v) is 2.47. The van der Waals surface area contributed by atoms with Crippen molar-refractivity contribution in [1.82, 2.24) is 4.90 Å². The van der Waals surface area contributed by atoms with E-state index in [9.17, 15) is 4.79 Å². The average molecular weight is 293 g/mol. The quantitative estimate of drug-likeness (QED) is 0.835. The first-order valence-electron chi connectivity index (χ1n) is 7.42. The number of ether oxygens (including phenoxy) is 2. The fraction of sp³-hybridized carbons (Fsp3) is 0.562. The van der Waals surface area contributed by atoms with Crippen LogP contribution < -0.4 is 4.74 Å². The summed E-state index contributed by atoms with van der Waals surface area (Å²) in [4.78, 5) is 13.2. The number of rotatable bonds is 7. The van der Waals surface area contributed by atoms with Crippen LogP contribution in [0.4, 0.5) is 0 Å². The van der Waals surface area contributed by atoms with Crippen LogP contribution in [0.25, 0.3) is 0 Å². The molecule has 0 aliphatic carbocycles. The Morgan fingerprint density at radius 2 is 2.24 bits per heavy atom. The van der Waals surface area contributed by atoms with E-state index in [0.29, 0.717) is 18.5 Å². The molecule has 21 heavy (non-hydrogen) atoms. The monoisotopic (exact) mass is 293 g/mol. The second kappa shape index (κ2) is 8.00. The van der Waals surface area contributed by atoms with Crippen molar-refractivity contribution in [2.75, 3.05) is 33.4 Å². The summed E-state index contributed by atoms with van der Waals surface area (Å²) in [7, 11) is 2.03. The third-order valence-corrected chi connectivity index (χ3v) is 3.64. The van der Waals surface area contributed by atoms with Crippen molar-refractivity contribution in [2.45, 2.75) is 25.4 Å². The van der Waals surface area contributed by atoms with Gasteiger partial charge in [-0.15, -0.1) is 0 Å². The van der Waals surface area contributed by atoms with Crippen molar-refractivity contribution >= 4 is 5.97 Å². The van der Waals surface area contributed by atoms with Crippen LogP contribution in [0.15, 0.2) is 24.3 Å². The summed E-state index contributed by atoms with van der Waals surface area (Å²) in [5.74, 6) is -0.540. The lowest BCUT2D eigenvalue weighted by atomic mass is 10.1. The van der Waals surface area contributed by atoms with Gasteiger partial charge in [-0.25, -0.2) is 4.79 Å². The van der Waals surface area contributed by atoms with Gasteiger partial charge >= 0.3 is 5.97 Å². The predicted molar refractivity (Wildman–Crippen MR) is 80.0 cm³/mol. The number of carboxylic acids is 1. The Morgan fingerprint density at radius 1 is 1.43 bits per heavy atom. The molecule has 1 saturated heterocycles. The molecule has 0 aromatic heterocycles. The van der Waals surface area contributed by atoms with Crippen LogP contribution in [-0.2, 0) is 4.74 Å². The Bertz CT molecular complexity index is 457. The first-order valence-corrected chi connectivity index (χ1v) is 7.42. The summed E-state index contributed by atoms with van der Waals surface area (Å²) in [5, 5.41) is 9.08. The number of hydrogen-bond donors (Lipinski definition) is 1. The lowest BCUT2D eigenvalue weighted by molar-refractivity contribution is -0.00283. The number of hydrogen-bond acceptors (Lipinski definition) is 4. The minimum atomic E-state index is -0.963. The van der Waals surface area contributed by atoms with Crippen LogP contribution in [0.2, 0.25) is 0 Å². The molecule has 1 N–H and O–H groups in total. The molecule has 1 fully saturated rings. The molecule has 1 aromatic carbocycles. The Labute approximate surface area is 125 Å². The van der Waals surface area contributed by atoms with Gasteiger partial charge in [-0.05, 0) is 38.4 Å². The molecule has 1 atom stereocenters. The van der Waals surface area contributed by atoms with Gasteiger partial charge in [0.1, 0.15) is 17.9 Å².